The third-order valence-electron chi connectivity index (χ3n) is 7.24. The van der Waals surface area contributed by atoms with Crippen molar-refractivity contribution >= 4 is 22.6 Å². The number of hydrogen-bond donors (Lipinski definition) is 0. The summed E-state index contributed by atoms with van der Waals surface area (Å²) in [6.45, 7) is 9.16. The molecule has 1 aromatic heterocycles. The molecule has 0 N–H and O–H groups in total. The molecule has 6 nitrogen and oxygen atoms in total. The van der Waals surface area contributed by atoms with Crippen molar-refractivity contribution in [3.63, 3.8) is 0 Å². The van der Waals surface area contributed by atoms with Gasteiger partial charge >= 0.3 is 0 Å². The number of hydrogen-bond acceptors (Lipinski definition) is 5. The number of ether oxygens (including phenoxy) is 2. The van der Waals surface area contributed by atoms with Crippen molar-refractivity contribution in [2.45, 2.75) is 59.4 Å². The highest BCUT2D eigenvalue weighted by Gasteiger charge is 2.44. The van der Waals surface area contributed by atoms with Gasteiger partial charge in [0.15, 0.2) is 16.9 Å². The standard InChI is InChI=1S/C33H35NO5/c1-5-8-9-18-38-27-17-13-23(20-28(27)37-7-3)30-29-31(35)25-19-21(4)10-16-26(25)39-32(29)33(36)34(30)24-14-11-22(6-2)12-15-24/h10-17,19-20,30H,5-9,18H2,1-4H3. The second-order valence-corrected chi connectivity index (χ2v) is 9.97. The lowest BCUT2D eigenvalue weighted by atomic mass is 9.97. The molecule has 3 aromatic carbocycles. The number of unbranched alkanes of at least 4 members (excludes halogenated alkanes) is 2. The Labute approximate surface area is 229 Å². The number of carbonyl (C=O) groups excluding carboxylic acids is 1. The fourth-order valence-corrected chi connectivity index (χ4v) is 5.18. The molecule has 39 heavy (non-hydrogen) atoms. The van der Waals surface area contributed by atoms with E-state index in [1.807, 2.05) is 68.4 Å². The van der Waals surface area contributed by atoms with Gasteiger partial charge in [0.2, 0.25) is 5.76 Å². The van der Waals surface area contributed by atoms with Crippen LogP contribution in [0.5, 0.6) is 11.5 Å². The fourth-order valence-electron chi connectivity index (χ4n) is 5.18. The third kappa shape index (κ3) is 5.03. The quantitative estimate of drug-likeness (QED) is 0.202. The molecule has 6 heteroatoms. The Morgan fingerprint density at radius 2 is 1.67 bits per heavy atom. The molecule has 1 atom stereocenters. The Morgan fingerprint density at radius 3 is 2.38 bits per heavy atom. The van der Waals surface area contributed by atoms with Crippen molar-refractivity contribution in [2.75, 3.05) is 18.1 Å². The highest BCUT2D eigenvalue weighted by atomic mass is 16.5. The van der Waals surface area contributed by atoms with E-state index in [0.29, 0.717) is 46.9 Å². The summed E-state index contributed by atoms with van der Waals surface area (Å²) in [7, 11) is 0. The van der Waals surface area contributed by atoms with Crippen molar-refractivity contribution < 1.29 is 18.7 Å². The van der Waals surface area contributed by atoms with E-state index in [2.05, 4.69) is 13.8 Å². The van der Waals surface area contributed by atoms with Gasteiger partial charge < -0.3 is 13.9 Å². The SMILES string of the molecule is CCCCCOc1ccc(C2c3c(oc4ccc(C)cc4c3=O)C(=O)N2c2ccc(CC)cc2)cc1OCC. The van der Waals surface area contributed by atoms with Crippen molar-refractivity contribution in [2.24, 2.45) is 0 Å². The van der Waals surface area contributed by atoms with E-state index >= 15 is 0 Å². The molecule has 0 saturated heterocycles. The van der Waals surface area contributed by atoms with Crippen molar-refractivity contribution in [3.8, 4) is 11.5 Å². The maximum Gasteiger partial charge on any atom is 0.295 e. The molecule has 1 aliphatic heterocycles. The topological polar surface area (TPSA) is 69.0 Å². The first-order valence-corrected chi connectivity index (χ1v) is 13.9. The third-order valence-corrected chi connectivity index (χ3v) is 7.24. The van der Waals surface area contributed by atoms with E-state index in [0.717, 1.165) is 42.4 Å². The molecule has 5 rings (SSSR count). The highest BCUT2D eigenvalue weighted by Crippen LogP contribution is 2.43. The minimum absolute atomic E-state index is 0.0822. The Bertz CT molecular complexity index is 1550. The Morgan fingerprint density at radius 1 is 0.872 bits per heavy atom. The van der Waals surface area contributed by atoms with Crippen LogP contribution < -0.4 is 19.8 Å². The molecule has 0 aliphatic carbocycles. The summed E-state index contributed by atoms with van der Waals surface area (Å²) in [5.41, 5.74) is 4.13. The van der Waals surface area contributed by atoms with Gasteiger partial charge in [-0.15, -0.1) is 0 Å². The van der Waals surface area contributed by atoms with Crippen LogP contribution in [0.2, 0.25) is 0 Å². The van der Waals surface area contributed by atoms with Crippen LogP contribution in [0.15, 0.2) is 69.9 Å². The van der Waals surface area contributed by atoms with E-state index in [-0.39, 0.29) is 17.1 Å². The maximum atomic E-state index is 14.0. The second kappa shape index (κ2) is 11.4. The van der Waals surface area contributed by atoms with Crippen molar-refractivity contribution in [1.29, 1.82) is 0 Å². The largest absolute Gasteiger partial charge is 0.490 e. The Kier molecular flexibility index (Phi) is 7.73. The predicted octanol–water partition coefficient (Wildman–Crippen LogP) is 7.38. The smallest absolute Gasteiger partial charge is 0.295 e. The number of rotatable bonds is 10. The average molecular weight is 526 g/mol. The van der Waals surface area contributed by atoms with E-state index < -0.39 is 6.04 Å². The van der Waals surface area contributed by atoms with Crippen molar-refractivity contribution in [3.05, 3.63) is 98.9 Å². The van der Waals surface area contributed by atoms with Crippen LogP contribution in [0.25, 0.3) is 11.0 Å². The van der Waals surface area contributed by atoms with Crippen LogP contribution in [0.3, 0.4) is 0 Å². The van der Waals surface area contributed by atoms with E-state index in [1.165, 1.54) is 0 Å². The number of nitrogens with zero attached hydrogens (tertiary/aromatic N) is 1. The molecule has 1 aliphatic rings. The molecular formula is C33H35NO5. The predicted molar refractivity (Wildman–Crippen MR) is 154 cm³/mol. The summed E-state index contributed by atoms with van der Waals surface area (Å²) in [5.74, 6) is 0.992. The summed E-state index contributed by atoms with van der Waals surface area (Å²) in [6.07, 6.45) is 4.06. The summed E-state index contributed by atoms with van der Waals surface area (Å²) >= 11 is 0. The van der Waals surface area contributed by atoms with Crippen LogP contribution in [0, 0.1) is 6.92 Å². The molecule has 0 bridgehead atoms. The van der Waals surface area contributed by atoms with Crippen LogP contribution in [0.4, 0.5) is 5.69 Å². The molecule has 2 heterocycles. The van der Waals surface area contributed by atoms with Crippen LogP contribution in [-0.4, -0.2) is 19.1 Å². The zero-order valence-electron chi connectivity index (χ0n) is 23.1. The molecule has 0 spiro atoms. The second-order valence-electron chi connectivity index (χ2n) is 9.97. The minimum atomic E-state index is -0.672. The maximum absolute atomic E-state index is 14.0. The number of anilines is 1. The molecule has 0 fully saturated rings. The van der Waals surface area contributed by atoms with Crippen LogP contribution >= 0.6 is 0 Å². The zero-order valence-corrected chi connectivity index (χ0v) is 23.1. The monoisotopic (exact) mass is 525 g/mol. The van der Waals surface area contributed by atoms with Gasteiger partial charge in [-0.1, -0.05) is 56.5 Å². The number of fused-ring (bicyclic) bond motifs is 2. The molecular weight excluding hydrogens is 490 g/mol. The summed E-state index contributed by atoms with van der Waals surface area (Å²) < 4.78 is 18.1. The van der Waals surface area contributed by atoms with Crippen LogP contribution in [-0.2, 0) is 6.42 Å². The van der Waals surface area contributed by atoms with E-state index in [4.69, 9.17) is 13.9 Å². The van der Waals surface area contributed by atoms with Gasteiger partial charge in [-0.2, -0.15) is 0 Å². The number of carbonyl (C=O) groups is 1. The molecule has 0 saturated carbocycles. The first kappa shape index (κ1) is 26.5. The first-order valence-electron chi connectivity index (χ1n) is 13.9. The van der Waals surface area contributed by atoms with Gasteiger partial charge in [-0.05, 0) is 74.2 Å². The number of amides is 1. The normalized spacial score (nSPS) is 14.6. The van der Waals surface area contributed by atoms with Gasteiger partial charge in [-0.3, -0.25) is 14.5 Å². The average Bonchev–Trinajstić information content (AvgIpc) is 3.24. The summed E-state index contributed by atoms with van der Waals surface area (Å²) in [6, 6.07) is 18.3. The van der Waals surface area contributed by atoms with Gasteiger partial charge in [0.25, 0.3) is 5.91 Å². The fraction of sp³-hybridized carbons (Fsp3) is 0.333. The molecule has 0 radical (unpaired) electrons. The van der Waals surface area contributed by atoms with E-state index in [1.54, 1.807) is 11.0 Å². The summed E-state index contributed by atoms with van der Waals surface area (Å²) in [4.78, 5) is 29.5. The van der Waals surface area contributed by atoms with E-state index in [9.17, 15) is 9.59 Å². The van der Waals surface area contributed by atoms with Crippen molar-refractivity contribution in [1.82, 2.24) is 0 Å². The lowest BCUT2D eigenvalue weighted by molar-refractivity contribution is 0.0971. The highest BCUT2D eigenvalue weighted by molar-refractivity contribution is 6.10. The zero-order chi connectivity index (χ0) is 27.5. The Hall–Kier alpha value is -4.06. The number of aryl methyl sites for hydroxylation is 2. The molecule has 1 unspecified atom stereocenters. The molecule has 1 amide bonds. The van der Waals surface area contributed by atoms with Gasteiger partial charge in [0, 0.05) is 5.69 Å². The minimum Gasteiger partial charge on any atom is -0.490 e. The van der Waals surface area contributed by atoms with Crippen LogP contribution in [0.1, 0.15) is 78.9 Å². The van der Waals surface area contributed by atoms with Gasteiger partial charge in [-0.25, -0.2) is 0 Å². The molecule has 202 valence electrons. The van der Waals surface area contributed by atoms with Gasteiger partial charge in [0.05, 0.1) is 30.2 Å². The lowest BCUT2D eigenvalue weighted by Gasteiger charge is -2.26. The molecule has 4 aromatic rings. The lowest BCUT2D eigenvalue weighted by Crippen LogP contribution is -2.29. The Balaban J connectivity index is 1.67. The summed E-state index contributed by atoms with van der Waals surface area (Å²) in [5, 5.41) is 0.468. The number of benzene rings is 3. The van der Waals surface area contributed by atoms with Gasteiger partial charge in [0.1, 0.15) is 5.58 Å². The first-order chi connectivity index (χ1) is 19.0.